The maximum Gasteiger partial charge on any atom is 0.490 e. The zero-order valence-electron chi connectivity index (χ0n) is 18.7. The lowest BCUT2D eigenvalue weighted by Gasteiger charge is -2.19. The van der Waals surface area contributed by atoms with Crippen LogP contribution in [0.15, 0.2) is 54.6 Å². The van der Waals surface area contributed by atoms with Gasteiger partial charge < -0.3 is 26.2 Å². The topological polar surface area (TPSA) is 146 Å². The first-order valence-electron chi connectivity index (χ1n) is 10.4. The van der Waals surface area contributed by atoms with Crippen molar-refractivity contribution in [2.45, 2.75) is 37.3 Å². The molecule has 2 atom stereocenters. The predicted octanol–water partition coefficient (Wildman–Crippen LogP) is 3.50. The largest absolute Gasteiger partial charge is 0.490 e. The Morgan fingerprint density at radius 1 is 0.892 bits per heavy atom. The summed E-state index contributed by atoms with van der Waals surface area (Å²) < 4.78 is 72.2. The first-order chi connectivity index (χ1) is 17.1. The van der Waals surface area contributed by atoms with Gasteiger partial charge in [-0.05, 0) is 23.6 Å². The molecule has 1 aromatic heterocycles. The number of rotatable bonds is 7. The second kappa shape index (κ2) is 11.8. The highest BCUT2D eigenvalue weighted by Gasteiger charge is 2.39. The molecular formula is C23H21F6N3O5. The molecule has 3 aromatic rings. The molecule has 0 aliphatic rings. The van der Waals surface area contributed by atoms with E-state index in [-0.39, 0.29) is 22.9 Å². The van der Waals surface area contributed by atoms with E-state index in [2.05, 4.69) is 10.3 Å². The number of para-hydroxylation sites is 1. The summed E-state index contributed by atoms with van der Waals surface area (Å²) in [6, 6.07) is 12.3. The lowest BCUT2D eigenvalue weighted by Crippen LogP contribution is -2.50. The van der Waals surface area contributed by atoms with Crippen molar-refractivity contribution in [1.29, 1.82) is 0 Å². The molecule has 8 nitrogen and oxygen atoms in total. The summed E-state index contributed by atoms with van der Waals surface area (Å²) in [5, 5.41) is 19.2. The van der Waals surface area contributed by atoms with Crippen molar-refractivity contribution in [1.82, 2.24) is 10.3 Å². The summed E-state index contributed by atoms with van der Waals surface area (Å²) in [6.45, 7) is 0. The highest BCUT2D eigenvalue weighted by molar-refractivity contribution is 5.89. The van der Waals surface area contributed by atoms with Crippen molar-refractivity contribution in [3.05, 3.63) is 71.4 Å². The Morgan fingerprint density at radius 2 is 1.43 bits per heavy atom. The van der Waals surface area contributed by atoms with Crippen LogP contribution in [0.5, 0.6) is 0 Å². The molecule has 0 radical (unpaired) electrons. The summed E-state index contributed by atoms with van der Waals surface area (Å²) in [6.07, 6.45) is -10.2. The molecule has 0 bridgehead atoms. The monoisotopic (exact) mass is 533 g/mol. The summed E-state index contributed by atoms with van der Waals surface area (Å²) in [7, 11) is 0. The van der Waals surface area contributed by atoms with E-state index in [4.69, 9.17) is 15.6 Å². The van der Waals surface area contributed by atoms with Crippen LogP contribution in [0, 0.1) is 0 Å². The molecule has 1 heterocycles. The molecule has 0 saturated heterocycles. The smallest absolute Gasteiger partial charge is 0.480 e. The number of halogens is 6. The second-order valence-corrected chi connectivity index (χ2v) is 7.72. The number of carboxylic acids is 2. The van der Waals surface area contributed by atoms with Crippen molar-refractivity contribution in [3.8, 4) is 0 Å². The molecule has 3 rings (SSSR count). The highest BCUT2D eigenvalue weighted by atomic mass is 19.4. The molecule has 0 fully saturated rings. The van der Waals surface area contributed by atoms with Gasteiger partial charge in [-0.1, -0.05) is 48.5 Å². The zero-order chi connectivity index (χ0) is 28.0. The van der Waals surface area contributed by atoms with Crippen LogP contribution >= 0.6 is 0 Å². The Kier molecular flexibility index (Phi) is 9.28. The zero-order valence-corrected chi connectivity index (χ0v) is 18.7. The Labute approximate surface area is 205 Å². The molecule has 0 saturated carbocycles. The SMILES string of the molecule is N[C@@H](Cc1ccccc1)C(=O)N[C@@H](Cc1c(C(F)(F)F)[nH]c2ccccc12)C(=O)O.O=C(O)C(F)(F)F. The van der Waals surface area contributed by atoms with E-state index in [9.17, 15) is 41.0 Å². The van der Waals surface area contributed by atoms with Crippen LogP contribution in [0.4, 0.5) is 26.3 Å². The summed E-state index contributed by atoms with van der Waals surface area (Å²) in [5.74, 6) is -4.96. The first kappa shape index (κ1) is 29.2. The number of hydrogen-bond acceptors (Lipinski definition) is 4. The van der Waals surface area contributed by atoms with Gasteiger partial charge in [0.1, 0.15) is 11.7 Å². The number of carbonyl (C=O) groups excluding carboxylic acids is 1. The van der Waals surface area contributed by atoms with E-state index in [0.717, 1.165) is 5.56 Å². The van der Waals surface area contributed by atoms with Crippen molar-refractivity contribution < 1.29 is 50.9 Å². The molecule has 37 heavy (non-hydrogen) atoms. The average molecular weight is 533 g/mol. The maximum absolute atomic E-state index is 13.5. The van der Waals surface area contributed by atoms with Crippen molar-refractivity contribution >= 4 is 28.7 Å². The fourth-order valence-electron chi connectivity index (χ4n) is 3.30. The van der Waals surface area contributed by atoms with E-state index < -0.39 is 54.4 Å². The fourth-order valence-corrected chi connectivity index (χ4v) is 3.30. The van der Waals surface area contributed by atoms with Gasteiger partial charge >= 0.3 is 24.3 Å². The van der Waals surface area contributed by atoms with Crippen LogP contribution in [0.2, 0.25) is 0 Å². The Hall–Kier alpha value is -4.07. The van der Waals surface area contributed by atoms with Crippen molar-refractivity contribution in [3.63, 3.8) is 0 Å². The third kappa shape index (κ3) is 8.24. The number of amides is 1. The number of H-pyrrole nitrogens is 1. The van der Waals surface area contributed by atoms with Crippen molar-refractivity contribution in [2.75, 3.05) is 0 Å². The second-order valence-electron chi connectivity index (χ2n) is 7.72. The van der Waals surface area contributed by atoms with Crippen LogP contribution in [-0.4, -0.2) is 51.3 Å². The lowest BCUT2D eigenvalue weighted by molar-refractivity contribution is -0.192. The molecule has 0 unspecified atom stereocenters. The van der Waals surface area contributed by atoms with Gasteiger partial charge in [-0.25, -0.2) is 9.59 Å². The number of fused-ring (bicyclic) bond motifs is 1. The molecule has 0 aliphatic heterocycles. The molecule has 14 heteroatoms. The van der Waals surface area contributed by atoms with Crippen LogP contribution in [-0.2, 0) is 33.4 Å². The van der Waals surface area contributed by atoms with E-state index >= 15 is 0 Å². The van der Waals surface area contributed by atoms with Gasteiger partial charge in [0.05, 0.1) is 6.04 Å². The minimum absolute atomic E-state index is 0.167. The average Bonchev–Trinajstić information content (AvgIpc) is 3.18. The summed E-state index contributed by atoms with van der Waals surface area (Å²) in [5.41, 5.74) is 5.63. The predicted molar refractivity (Wildman–Crippen MR) is 118 cm³/mol. The number of carbonyl (C=O) groups is 3. The van der Waals surface area contributed by atoms with E-state index in [1.807, 2.05) is 0 Å². The number of hydrogen-bond donors (Lipinski definition) is 5. The Balaban J connectivity index is 0.000000604. The number of aromatic nitrogens is 1. The third-order valence-corrected chi connectivity index (χ3v) is 5.00. The fraction of sp³-hybridized carbons (Fsp3) is 0.261. The number of alkyl halides is 6. The third-order valence-electron chi connectivity index (χ3n) is 5.00. The minimum Gasteiger partial charge on any atom is -0.480 e. The molecule has 6 N–H and O–H groups in total. The van der Waals surface area contributed by atoms with E-state index in [0.29, 0.717) is 0 Å². The standard InChI is InChI=1S/C21H20F3N3O3.C2HF3O2/c22-21(23,24)18-14(13-8-4-5-9-16(13)26-18)11-17(20(29)30)27-19(28)15(25)10-12-6-2-1-3-7-12;3-2(4,5)1(6)7/h1-9,15,17,26H,10-11,25H2,(H,27,28)(H,29,30);(H,6,7)/t15-,17-;/m0./s1. The molecular weight excluding hydrogens is 512 g/mol. The number of nitrogens with one attached hydrogen (secondary N) is 2. The van der Waals surface area contributed by atoms with Crippen LogP contribution in [0.1, 0.15) is 16.8 Å². The number of nitrogens with two attached hydrogens (primary N) is 1. The Bertz CT molecular complexity index is 1240. The lowest BCUT2D eigenvalue weighted by atomic mass is 10.0. The number of carboxylic acid groups (broad SMARTS) is 2. The van der Waals surface area contributed by atoms with Crippen LogP contribution < -0.4 is 11.1 Å². The Morgan fingerprint density at radius 3 is 1.95 bits per heavy atom. The van der Waals surface area contributed by atoms with Gasteiger partial charge in [0.15, 0.2) is 0 Å². The van der Waals surface area contributed by atoms with Gasteiger partial charge in [-0.3, -0.25) is 4.79 Å². The quantitative estimate of drug-likeness (QED) is 0.294. The van der Waals surface area contributed by atoms with E-state index in [1.165, 1.54) is 12.1 Å². The van der Waals surface area contributed by atoms with E-state index in [1.54, 1.807) is 42.5 Å². The van der Waals surface area contributed by atoms with Crippen LogP contribution in [0.3, 0.4) is 0 Å². The molecule has 2 aromatic carbocycles. The van der Waals surface area contributed by atoms with Gasteiger partial charge in [0, 0.05) is 17.3 Å². The summed E-state index contributed by atoms with van der Waals surface area (Å²) >= 11 is 0. The van der Waals surface area contributed by atoms with Gasteiger partial charge in [-0.2, -0.15) is 26.3 Å². The minimum atomic E-state index is -5.08. The molecule has 0 spiro atoms. The van der Waals surface area contributed by atoms with Gasteiger partial charge in [0.2, 0.25) is 5.91 Å². The van der Waals surface area contributed by atoms with Gasteiger partial charge in [0.25, 0.3) is 0 Å². The molecule has 1 amide bonds. The maximum atomic E-state index is 13.5. The number of aromatic amines is 1. The molecule has 0 aliphatic carbocycles. The molecule has 200 valence electrons. The van der Waals surface area contributed by atoms with Crippen molar-refractivity contribution in [2.24, 2.45) is 5.73 Å². The first-order valence-corrected chi connectivity index (χ1v) is 10.4. The number of aliphatic carboxylic acids is 2. The number of benzene rings is 2. The highest BCUT2D eigenvalue weighted by Crippen LogP contribution is 2.36. The van der Waals surface area contributed by atoms with Gasteiger partial charge in [-0.15, -0.1) is 0 Å². The summed E-state index contributed by atoms with van der Waals surface area (Å²) in [4.78, 5) is 35.3. The van der Waals surface area contributed by atoms with Crippen LogP contribution in [0.25, 0.3) is 10.9 Å². The normalized spacial score (nSPS) is 13.3.